The summed E-state index contributed by atoms with van der Waals surface area (Å²) < 4.78 is 0. The fourth-order valence-corrected chi connectivity index (χ4v) is 1.33. The summed E-state index contributed by atoms with van der Waals surface area (Å²) in [5.74, 6) is 5.79. The molecule has 0 radical (unpaired) electrons. The van der Waals surface area contributed by atoms with E-state index in [0.29, 0.717) is 0 Å². The van der Waals surface area contributed by atoms with Gasteiger partial charge in [0.05, 0.1) is 11.6 Å². The molecule has 0 aliphatic rings. The van der Waals surface area contributed by atoms with Crippen molar-refractivity contribution in [3.05, 3.63) is 35.4 Å². The highest BCUT2D eigenvalue weighted by molar-refractivity contribution is 5.37. The van der Waals surface area contributed by atoms with Crippen LogP contribution in [0.3, 0.4) is 0 Å². The number of aliphatic hydroxyl groups is 1. The van der Waals surface area contributed by atoms with Gasteiger partial charge in [-0.1, -0.05) is 18.1 Å². The molecule has 1 aromatic carbocycles. The topological polar surface area (TPSA) is 46.2 Å². The second-order valence-corrected chi connectivity index (χ2v) is 4.13. The van der Waals surface area contributed by atoms with Gasteiger partial charge in [-0.2, -0.15) is 0 Å². The van der Waals surface area contributed by atoms with Crippen LogP contribution < -0.4 is 5.73 Å². The van der Waals surface area contributed by atoms with Crippen LogP contribution in [0, 0.1) is 11.8 Å². The van der Waals surface area contributed by atoms with Gasteiger partial charge < -0.3 is 10.8 Å². The summed E-state index contributed by atoms with van der Waals surface area (Å²) in [7, 11) is 0. The molecular formula is C13H17NO. The number of hydrogen-bond acceptors (Lipinski definition) is 2. The van der Waals surface area contributed by atoms with Crippen molar-refractivity contribution in [2.24, 2.45) is 5.73 Å². The second-order valence-electron chi connectivity index (χ2n) is 4.13. The molecule has 0 spiro atoms. The predicted molar refractivity (Wildman–Crippen MR) is 62.2 cm³/mol. The van der Waals surface area contributed by atoms with Crippen molar-refractivity contribution in [1.29, 1.82) is 0 Å². The zero-order valence-electron chi connectivity index (χ0n) is 9.41. The Morgan fingerprint density at radius 3 is 2.20 bits per heavy atom. The highest BCUT2D eigenvalue weighted by Crippen LogP contribution is 2.22. The smallest absolute Gasteiger partial charge is 0.0783 e. The minimum atomic E-state index is -0.905. The molecule has 0 amide bonds. The standard InChI is InChI=1S/C13H17NO/c1-4-5-10-6-8-11(9-7-10)12(14)13(2,3)15/h6-9,12,15H,14H2,1-3H3/t12-/m1/s1. The molecule has 0 saturated heterocycles. The molecule has 0 aromatic heterocycles. The fourth-order valence-electron chi connectivity index (χ4n) is 1.33. The summed E-state index contributed by atoms with van der Waals surface area (Å²) in [6.07, 6.45) is 0. The van der Waals surface area contributed by atoms with Crippen molar-refractivity contribution in [1.82, 2.24) is 0 Å². The summed E-state index contributed by atoms with van der Waals surface area (Å²) in [6, 6.07) is 7.26. The summed E-state index contributed by atoms with van der Waals surface area (Å²) in [5, 5.41) is 9.76. The van der Waals surface area contributed by atoms with Gasteiger partial charge in [-0.25, -0.2) is 0 Å². The maximum Gasteiger partial charge on any atom is 0.0783 e. The van der Waals surface area contributed by atoms with Crippen molar-refractivity contribution in [3.63, 3.8) is 0 Å². The number of rotatable bonds is 2. The van der Waals surface area contributed by atoms with E-state index < -0.39 is 5.60 Å². The molecule has 0 heterocycles. The fraction of sp³-hybridized carbons (Fsp3) is 0.385. The van der Waals surface area contributed by atoms with E-state index >= 15 is 0 Å². The molecule has 0 saturated carbocycles. The molecule has 80 valence electrons. The minimum absolute atomic E-state index is 0.374. The molecule has 0 unspecified atom stereocenters. The second kappa shape index (κ2) is 4.48. The van der Waals surface area contributed by atoms with E-state index in [4.69, 9.17) is 5.73 Å². The lowest BCUT2D eigenvalue weighted by Crippen LogP contribution is -2.34. The van der Waals surface area contributed by atoms with Gasteiger partial charge in [0, 0.05) is 5.56 Å². The van der Waals surface area contributed by atoms with Crippen LogP contribution >= 0.6 is 0 Å². The first-order chi connectivity index (χ1) is 6.95. The van der Waals surface area contributed by atoms with E-state index in [1.165, 1.54) is 0 Å². The highest BCUT2D eigenvalue weighted by atomic mass is 16.3. The zero-order chi connectivity index (χ0) is 11.5. The number of nitrogens with two attached hydrogens (primary N) is 1. The minimum Gasteiger partial charge on any atom is -0.388 e. The third-order valence-corrected chi connectivity index (χ3v) is 2.30. The van der Waals surface area contributed by atoms with Gasteiger partial charge in [0.2, 0.25) is 0 Å². The molecule has 1 atom stereocenters. The quantitative estimate of drug-likeness (QED) is 0.720. The van der Waals surface area contributed by atoms with Crippen LogP contribution in [-0.4, -0.2) is 10.7 Å². The van der Waals surface area contributed by atoms with Crippen molar-refractivity contribution >= 4 is 0 Å². The molecule has 2 heteroatoms. The van der Waals surface area contributed by atoms with Crippen LogP contribution in [0.1, 0.15) is 37.9 Å². The molecule has 0 fully saturated rings. The molecular weight excluding hydrogens is 186 g/mol. The first-order valence-electron chi connectivity index (χ1n) is 4.96. The molecule has 1 aromatic rings. The predicted octanol–water partition coefficient (Wildman–Crippen LogP) is 1.83. The molecule has 15 heavy (non-hydrogen) atoms. The number of hydrogen-bond donors (Lipinski definition) is 2. The molecule has 0 aliphatic carbocycles. The van der Waals surface area contributed by atoms with Gasteiger partial charge in [-0.3, -0.25) is 0 Å². The molecule has 0 aliphatic heterocycles. The summed E-state index contributed by atoms with van der Waals surface area (Å²) >= 11 is 0. The summed E-state index contributed by atoms with van der Waals surface area (Å²) in [6.45, 7) is 5.21. The Labute approximate surface area is 91.1 Å². The Balaban J connectivity index is 2.92. The lowest BCUT2D eigenvalue weighted by Gasteiger charge is -2.25. The van der Waals surface area contributed by atoms with Gasteiger partial charge in [-0.05, 0) is 38.5 Å². The first kappa shape index (κ1) is 11.8. The van der Waals surface area contributed by atoms with Gasteiger partial charge in [-0.15, -0.1) is 5.92 Å². The maximum absolute atomic E-state index is 9.76. The van der Waals surface area contributed by atoms with Crippen LogP contribution in [0.4, 0.5) is 0 Å². The first-order valence-corrected chi connectivity index (χ1v) is 4.96. The monoisotopic (exact) mass is 203 g/mol. The van der Waals surface area contributed by atoms with Gasteiger partial charge >= 0.3 is 0 Å². The third-order valence-electron chi connectivity index (χ3n) is 2.30. The Morgan fingerprint density at radius 1 is 1.27 bits per heavy atom. The zero-order valence-corrected chi connectivity index (χ0v) is 9.41. The van der Waals surface area contributed by atoms with Crippen LogP contribution in [0.25, 0.3) is 0 Å². The molecule has 0 bridgehead atoms. The van der Waals surface area contributed by atoms with Crippen molar-refractivity contribution < 1.29 is 5.11 Å². The SMILES string of the molecule is CC#Cc1ccc([C@@H](N)C(C)(C)O)cc1. The molecule has 2 nitrogen and oxygen atoms in total. The average Bonchev–Trinajstić information content (AvgIpc) is 2.17. The Kier molecular flexibility index (Phi) is 3.52. The van der Waals surface area contributed by atoms with Gasteiger partial charge in [0.15, 0.2) is 0 Å². The lowest BCUT2D eigenvalue weighted by atomic mass is 9.92. The van der Waals surface area contributed by atoms with E-state index in [0.717, 1.165) is 11.1 Å². The average molecular weight is 203 g/mol. The van der Waals surface area contributed by atoms with E-state index in [-0.39, 0.29) is 6.04 Å². The van der Waals surface area contributed by atoms with Crippen LogP contribution in [0.15, 0.2) is 24.3 Å². The largest absolute Gasteiger partial charge is 0.388 e. The lowest BCUT2D eigenvalue weighted by molar-refractivity contribution is 0.0517. The Morgan fingerprint density at radius 2 is 1.80 bits per heavy atom. The highest BCUT2D eigenvalue weighted by Gasteiger charge is 2.24. The van der Waals surface area contributed by atoms with Crippen LogP contribution in [-0.2, 0) is 0 Å². The van der Waals surface area contributed by atoms with E-state index in [9.17, 15) is 5.11 Å². The summed E-state index contributed by atoms with van der Waals surface area (Å²) in [5.41, 5.74) is 6.89. The Hall–Kier alpha value is -1.30. The van der Waals surface area contributed by atoms with Gasteiger partial charge in [0.25, 0.3) is 0 Å². The third kappa shape index (κ3) is 3.09. The Bertz CT molecular complexity index is 376. The number of benzene rings is 1. The normalized spacial score (nSPS) is 12.9. The van der Waals surface area contributed by atoms with E-state index in [1.807, 2.05) is 24.3 Å². The molecule has 1 rings (SSSR count). The van der Waals surface area contributed by atoms with Crippen LogP contribution in [0.2, 0.25) is 0 Å². The van der Waals surface area contributed by atoms with E-state index in [1.54, 1.807) is 20.8 Å². The van der Waals surface area contributed by atoms with Crippen LogP contribution in [0.5, 0.6) is 0 Å². The van der Waals surface area contributed by atoms with Crippen molar-refractivity contribution in [3.8, 4) is 11.8 Å². The summed E-state index contributed by atoms with van der Waals surface area (Å²) in [4.78, 5) is 0. The van der Waals surface area contributed by atoms with Gasteiger partial charge in [0.1, 0.15) is 0 Å². The van der Waals surface area contributed by atoms with E-state index in [2.05, 4.69) is 11.8 Å². The maximum atomic E-state index is 9.76. The van der Waals surface area contributed by atoms with Crippen molar-refractivity contribution in [2.45, 2.75) is 32.4 Å². The molecule has 3 N–H and O–H groups in total. The van der Waals surface area contributed by atoms with Crippen molar-refractivity contribution in [2.75, 3.05) is 0 Å².